The number of carbonyl (C=O) groups is 1. The Morgan fingerprint density at radius 2 is 2.04 bits per heavy atom. The predicted octanol–water partition coefficient (Wildman–Crippen LogP) is 3.37. The Kier molecular flexibility index (Phi) is 3.99. The van der Waals surface area contributed by atoms with E-state index < -0.39 is 0 Å². The van der Waals surface area contributed by atoms with E-state index in [1.807, 2.05) is 65.7 Å². The van der Waals surface area contributed by atoms with Gasteiger partial charge < -0.3 is 4.90 Å². The molecule has 1 unspecified atom stereocenters. The van der Waals surface area contributed by atoms with Crippen molar-refractivity contribution >= 4 is 11.6 Å². The number of rotatable bonds is 2. The number of amides is 1. The minimum atomic E-state index is 0.125. The van der Waals surface area contributed by atoms with Crippen LogP contribution in [0, 0.1) is 13.8 Å². The molecule has 0 N–H and O–H groups in total. The van der Waals surface area contributed by atoms with E-state index in [1.54, 1.807) is 0 Å². The Morgan fingerprint density at radius 3 is 2.92 bits per heavy atom. The van der Waals surface area contributed by atoms with Gasteiger partial charge in [-0.2, -0.15) is 0 Å². The molecule has 0 spiro atoms. The van der Waals surface area contributed by atoms with Crippen molar-refractivity contribution in [3.05, 3.63) is 65.1 Å². The maximum atomic E-state index is 13.0. The standard InChI is InChI=1S/C20H22N4O/c1-14-8-9-15(2)17(12-14)20(25)23-10-5-6-16(13-23)19-22-21-18-7-3-4-11-24(18)19/h3-4,7-9,11-12,16H,5-6,10,13H2,1-2H3. The number of likely N-dealkylation sites (tertiary alicyclic amines) is 1. The second-order valence-corrected chi connectivity index (χ2v) is 6.90. The van der Waals surface area contributed by atoms with E-state index in [1.165, 1.54) is 0 Å². The molecule has 1 fully saturated rings. The molecule has 2 aromatic heterocycles. The highest BCUT2D eigenvalue weighted by Gasteiger charge is 2.28. The number of piperidine rings is 1. The van der Waals surface area contributed by atoms with Gasteiger partial charge >= 0.3 is 0 Å². The molecule has 0 aliphatic carbocycles. The Hall–Kier alpha value is -2.69. The van der Waals surface area contributed by atoms with Gasteiger partial charge in [-0.3, -0.25) is 9.20 Å². The number of aryl methyl sites for hydroxylation is 2. The molecule has 3 heterocycles. The fourth-order valence-corrected chi connectivity index (χ4v) is 3.65. The van der Waals surface area contributed by atoms with Gasteiger partial charge in [0.05, 0.1) is 0 Å². The van der Waals surface area contributed by atoms with E-state index in [0.717, 1.165) is 47.5 Å². The van der Waals surface area contributed by atoms with Crippen molar-refractivity contribution in [2.75, 3.05) is 13.1 Å². The van der Waals surface area contributed by atoms with Crippen LogP contribution < -0.4 is 0 Å². The van der Waals surface area contributed by atoms with E-state index in [4.69, 9.17) is 0 Å². The second kappa shape index (κ2) is 6.31. The van der Waals surface area contributed by atoms with Gasteiger partial charge in [-0.25, -0.2) is 0 Å². The van der Waals surface area contributed by atoms with Crippen molar-refractivity contribution in [3.63, 3.8) is 0 Å². The van der Waals surface area contributed by atoms with Gasteiger partial charge in [0.15, 0.2) is 5.65 Å². The van der Waals surface area contributed by atoms with E-state index in [0.29, 0.717) is 6.54 Å². The molecule has 1 saturated heterocycles. The molecule has 25 heavy (non-hydrogen) atoms. The summed E-state index contributed by atoms with van der Waals surface area (Å²) in [6.45, 7) is 5.53. The fourth-order valence-electron chi connectivity index (χ4n) is 3.65. The highest BCUT2D eigenvalue weighted by Crippen LogP contribution is 2.27. The number of hydrogen-bond donors (Lipinski definition) is 0. The van der Waals surface area contributed by atoms with E-state index in [9.17, 15) is 4.79 Å². The lowest BCUT2D eigenvalue weighted by molar-refractivity contribution is 0.0703. The Morgan fingerprint density at radius 1 is 1.16 bits per heavy atom. The zero-order valence-corrected chi connectivity index (χ0v) is 14.6. The molecule has 1 aliphatic heterocycles. The van der Waals surface area contributed by atoms with Gasteiger partial charge in [-0.05, 0) is 50.5 Å². The lowest BCUT2D eigenvalue weighted by atomic mass is 9.95. The summed E-state index contributed by atoms with van der Waals surface area (Å²) in [4.78, 5) is 15.0. The van der Waals surface area contributed by atoms with E-state index in [-0.39, 0.29) is 11.8 Å². The van der Waals surface area contributed by atoms with Gasteiger partial charge in [-0.1, -0.05) is 23.8 Å². The number of hydrogen-bond acceptors (Lipinski definition) is 3. The molecule has 5 heteroatoms. The fraction of sp³-hybridized carbons (Fsp3) is 0.350. The van der Waals surface area contributed by atoms with Crippen molar-refractivity contribution in [3.8, 4) is 0 Å². The number of nitrogens with zero attached hydrogens (tertiary/aromatic N) is 4. The average molecular weight is 334 g/mol. The van der Waals surface area contributed by atoms with E-state index in [2.05, 4.69) is 10.2 Å². The van der Waals surface area contributed by atoms with Crippen LogP contribution >= 0.6 is 0 Å². The molecule has 1 aromatic carbocycles. The summed E-state index contributed by atoms with van der Waals surface area (Å²) in [5.74, 6) is 1.30. The molecular formula is C20H22N4O. The van der Waals surface area contributed by atoms with Crippen molar-refractivity contribution in [1.29, 1.82) is 0 Å². The quantitative estimate of drug-likeness (QED) is 0.722. The topological polar surface area (TPSA) is 50.5 Å². The van der Waals surface area contributed by atoms with Gasteiger partial charge in [0.2, 0.25) is 0 Å². The van der Waals surface area contributed by atoms with E-state index >= 15 is 0 Å². The predicted molar refractivity (Wildman–Crippen MR) is 96.8 cm³/mol. The van der Waals surface area contributed by atoms with Crippen LogP contribution in [0.4, 0.5) is 0 Å². The molecule has 0 radical (unpaired) electrons. The van der Waals surface area contributed by atoms with Crippen LogP contribution in [0.3, 0.4) is 0 Å². The van der Waals surface area contributed by atoms with Gasteiger partial charge in [0.1, 0.15) is 5.82 Å². The second-order valence-electron chi connectivity index (χ2n) is 6.90. The maximum Gasteiger partial charge on any atom is 0.254 e. The van der Waals surface area contributed by atoms with Crippen molar-refractivity contribution < 1.29 is 4.79 Å². The SMILES string of the molecule is Cc1ccc(C)c(C(=O)N2CCCC(c3nnc4ccccn34)C2)c1. The van der Waals surface area contributed by atoms with Crippen LogP contribution in [0.1, 0.15) is 46.1 Å². The molecule has 0 saturated carbocycles. The zero-order chi connectivity index (χ0) is 17.4. The van der Waals surface area contributed by atoms with Crippen LogP contribution in [0.25, 0.3) is 5.65 Å². The summed E-state index contributed by atoms with van der Waals surface area (Å²) in [6, 6.07) is 12.0. The Bertz CT molecular complexity index is 930. The zero-order valence-electron chi connectivity index (χ0n) is 14.6. The number of carbonyl (C=O) groups excluding carboxylic acids is 1. The smallest absolute Gasteiger partial charge is 0.254 e. The molecular weight excluding hydrogens is 312 g/mol. The van der Waals surface area contributed by atoms with Crippen LogP contribution in [-0.2, 0) is 0 Å². The Balaban J connectivity index is 1.61. The number of aromatic nitrogens is 3. The van der Waals surface area contributed by atoms with Crippen LogP contribution in [0.2, 0.25) is 0 Å². The molecule has 1 atom stereocenters. The highest BCUT2D eigenvalue weighted by molar-refractivity contribution is 5.96. The third-order valence-electron chi connectivity index (χ3n) is 5.04. The summed E-state index contributed by atoms with van der Waals surface area (Å²) < 4.78 is 2.04. The van der Waals surface area contributed by atoms with Crippen LogP contribution in [-0.4, -0.2) is 38.5 Å². The largest absolute Gasteiger partial charge is 0.338 e. The Labute approximate surface area is 147 Å². The summed E-state index contributed by atoms with van der Waals surface area (Å²) in [6.07, 6.45) is 4.02. The lowest BCUT2D eigenvalue weighted by Crippen LogP contribution is -2.39. The number of fused-ring (bicyclic) bond motifs is 1. The van der Waals surface area contributed by atoms with Crippen LogP contribution in [0.5, 0.6) is 0 Å². The minimum Gasteiger partial charge on any atom is -0.338 e. The third-order valence-corrected chi connectivity index (χ3v) is 5.04. The summed E-state index contributed by atoms with van der Waals surface area (Å²) in [7, 11) is 0. The average Bonchev–Trinajstić information content (AvgIpc) is 3.07. The number of benzene rings is 1. The molecule has 0 bridgehead atoms. The maximum absolute atomic E-state index is 13.0. The minimum absolute atomic E-state index is 0.125. The lowest BCUT2D eigenvalue weighted by Gasteiger charge is -2.32. The molecule has 128 valence electrons. The van der Waals surface area contributed by atoms with Crippen molar-refractivity contribution in [2.24, 2.45) is 0 Å². The molecule has 1 aliphatic rings. The molecule has 5 nitrogen and oxygen atoms in total. The first-order valence-corrected chi connectivity index (χ1v) is 8.79. The van der Waals surface area contributed by atoms with Crippen molar-refractivity contribution in [1.82, 2.24) is 19.5 Å². The summed E-state index contributed by atoms with van der Waals surface area (Å²) >= 11 is 0. The summed E-state index contributed by atoms with van der Waals surface area (Å²) in [5, 5.41) is 8.65. The van der Waals surface area contributed by atoms with Gasteiger partial charge in [-0.15, -0.1) is 10.2 Å². The highest BCUT2D eigenvalue weighted by atomic mass is 16.2. The number of pyridine rings is 1. The first-order chi connectivity index (χ1) is 12.1. The third kappa shape index (κ3) is 2.90. The van der Waals surface area contributed by atoms with Crippen LogP contribution in [0.15, 0.2) is 42.6 Å². The first kappa shape index (κ1) is 15.8. The molecule has 3 aromatic rings. The summed E-state index contributed by atoms with van der Waals surface area (Å²) in [5.41, 5.74) is 3.82. The first-order valence-electron chi connectivity index (χ1n) is 8.79. The monoisotopic (exact) mass is 334 g/mol. The van der Waals surface area contributed by atoms with Gasteiger partial charge in [0.25, 0.3) is 5.91 Å². The normalized spacial score (nSPS) is 17.8. The molecule has 4 rings (SSSR count). The molecule has 1 amide bonds. The van der Waals surface area contributed by atoms with Gasteiger partial charge in [0, 0.05) is 30.8 Å². The van der Waals surface area contributed by atoms with Crippen molar-refractivity contribution in [2.45, 2.75) is 32.6 Å².